The number of nitrogens with one attached hydrogen (secondary N) is 2. The molecule has 9 heteroatoms. The minimum absolute atomic E-state index is 0.214. The first kappa shape index (κ1) is 22.8. The molecule has 2 rings (SSSR count). The van der Waals surface area contributed by atoms with Crippen LogP contribution in [0.3, 0.4) is 0 Å². The van der Waals surface area contributed by atoms with Gasteiger partial charge in [0, 0.05) is 12.2 Å². The highest BCUT2D eigenvalue weighted by Crippen LogP contribution is 2.38. The standard InChI is InChI=1S/C21H26N2O7/c1-5-29-10-11-30-16-9-7-6-8-15(16)21(25)23-22-20(24)14-12-17(26-2)19(28-4)18(13-14)27-3/h6-9,12-13H,5,10-11H2,1-4H3,(H,22,24)(H,23,25). The number of ether oxygens (including phenoxy) is 5. The fraction of sp³-hybridized carbons (Fsp3) is 0.333. The molecule has 0 heterocycles. The molecule has 0 aliphatic heterocycles. The maximum atomic E-state index is 12.5. The number of rotatable bonds is 10. The number of hydrogen-bond donors (Lipinski definition) is 2. The SMILES string of the molecule is CCOCCOc1ccccc1C(=O)NNC(=O)c1cc(OC)c(OC)c(OC)c1. The molecule has 0 saturated heterocycles. The summed E-state index contributed by atoms with van der Waals surface area (Å²) in [6.45, 7) is 3.18. The van der Waals surface area contributed by atoms with Gasteiger partial charge < -0.3 is 23.7 Å². The maximum absolute atomic E-state index is 12.5. The van der Waals surface area contributed by atoms with Crippen LogP contribution in [0.15, 0.2) is 36.4 Å². The molecule has 0 saturated carbocycles. The third kappa shape index (κ3) is 5.77. The molecule has 0 radical (unpaired) electrons. The lowest BCUT2D eigenvalue weighted by Gasteiger charge is -2.15. The van der Waals surface area contributed by atoms with Crippen LogP contribution in [0.1, 0.15) is 27.6 Å². The first-order valence-corrected chi connectivity index (χ1v) is 9.25. The summed E-state index contributed by atoms with van der Waals surface area (Å²) in [6, 6.07) is 9.67. The normalized spacial score (nSPS) is 10.1. The molecule has 0 aromatic heterocycles. The summed E-state index contributed by atoms with van der Waals surface area (Å²) in [4.78, 5) is 25.1. The molecule has 2 N–H and O–H groups in total. The van der Waals surface area contributed by atoms with Crippen LogP contribution in [-0.4, -0.2) is 53.0 Å². The summed E-state index contributed by atoms with van der Waals surface area (Å²) >= 11 is 0. The van der Waals surface area contributed by atoms with Gasteiger partial charge in [-0.1, -0.05) is 12.1 Å². The highest BCUT2D eigenvalue weighted by atomic mass is 16.5. The van der Waals surface area contributed by atoms with E-state index in [1.165, 1.54) is 33.5 Å². The van der Waals surface area contributed by atoms with Crippen molar-refractivity contribution in [3.63, 3.8) is 0 Å². The maximum Gasteiger partial charge on any atom is 0.273 e. The van der Waals surface area contributed by atoms with E-state index < -0.39 is 11.8 Å². The van der Waals surface area contributed by atoms with Crippen molar-refractivity contribution in [2.75, 3.05) is 41.2 Å². The van der Waals surface area contributed by atoms with E-state index in [4.69, 9.17) is 23.7 Å². The van der Waals surface area contributed by atoms with Gasteiger partial charge in [0.15, 0.2) is 11.5 Å². The molecule has 0 bridgehead atoms. The predicted octanol–water partition coefficient (Wildman–Crippen LogP) is 2.20. The van der Waals surface area contributed by atoms with Crippen LogP contribution in [0.4, 0.5) is 0 Å². The minimum Gasteiger partial charge on any atom is -0.493 e. The average Bonchev–Trinajstić information content (AvgIpc) is 2.79. The minimum atomic E-state index is -0.558. The molecule has 9 nitrogen and oxygen atoms in total. The highest BCUT2D eigenvalue weighted by molar-refractivity contribution is 6.01. The van der Waals surface area contributed by atoms with Crippen molar-refractivity contribution in [1.82, 2.24) is 10.9 Å². The number of hydrogen-bond acceptors (Lipinski definition) is 7. The molecule has 0 atom stereocenters. The Balaban J connectivity index is 2.07. The summed E-state index contributed by atoms with van der Waals surface area (Å²) in [6.07, 6.45) is 0. The van der Waals surface area contributed by atoms with E-state index in [0.29, 0.717) is 42.8 Å². The third-order valence-electron chi connectivity index (χ3n) is 4.04. The number of amides is 2. The molecule has 0 fully saturated rings. The summed E-state index contributed by atoms with van der Waals surface area (Å²) in [5.74, 6) is 0.304. The van der Waals surface area contributed by atoms with E-state index in [1.807, 2.05) is 6.92 Å². The fourth-order valence-corrected chi connectivity index (χ4v) is 2.60. The van der Waals surface area contributed by atoms with Crippen molar-refractivity contribution in [2.45, 2.75) is 6.92 Å². The van der Waals surface area contributed by atoms with Crippen LogP contribution < -0.4 is 29.8 Å². The molecule has 30 heavy (non-hydrogen) atoms. The van der Waals surface area contributed by atoms with Gasteiger partial charge in [0.1, 0.15) is 12.4 Å². The number of methoxy groups -OCH3 is 3. The summed E-state index contributed by atoms with van der Waals surface area (Å²) in [7, 11) is 4.36. The zero-order valence-corrected chi connectivity index (χ0v) is 17.4. The van der Waals surface area contributed by atoms with Crippen LogP contribution in [0, 0.1) is 0 Å². The Morgan fingerprint density at radius 2 is 1.47 bits per heavy atom. The van der Waals surface area contributed by atoms with E-state index in [9.17, 15) is 9.59 Å². The zero-order valence-electron chi connectivity index (χ0n) is 17.4. The van der Waals surface area contributed by atoms with Gasteiger partial charge in [0.2, 0.25) is 5.75 Å². The van der Waals surface area contributed by atoms with Crippen LogP contribution >= 0.6 is 0 Å². The van der Waals surface area contributed by atoms with Crippen molar-refractivity contribution in [3.8, 4) is 23.0 Å². The van der Waals surface area contributed by atoms with E-state index in [-0.39, 0.29) is 11.1 Å². The molecule has 0 spiro atoms. The lowest BCUT2D eigenvalue weighted by atomic mass is 10.1. The topological polar surface area (TPSA) is 104 Å². The number of carbonyl (C=O) groups is 2. The summed E-state index contributed by atoms with van der Waals surface area (Å²) < 4.78 is 26.5. The van der Waals surface area contributed by atoms with Crippen molar-refractivity contribution in [2.24, 2.45) is 0 Å². The number of hydrazine groups is 1. The van der Waals surface area contributed by atoms with Crippen molar-refractivity contribution >= 4 is 11.8 Å². The van der Waals surface area contributed by atoms with Crippen LogP contribution in [-0.2, 0) is 4.74 Å². The number of carbonyl (C=O) groups excluding carboxylic acids is 2. The predicted molar refractivity (Wildman–Crippen MR) is 109 cm³/mol. The molecule has 2 aromatic rings. The van der Waals surface area contributed by atoms with Gasteiger partial charge in [-0.25, -0.2) is 0 Å². The molecule has 0 aliphatic rings. The molecular formula is C21H26N2O7. The van der Waals surface area contributed by atoms with Gasteiger partial charge in [0.25, 0.3) is 11.8 Å². The fourth-order valence-electron chi connectivity index (χ4n) is 2.60. The molecule has 162 valence electrons. The Labute approximate surface area is 175 Å². The van der Waals surface area contributed by atoms with Crippen molar-refractivity contribution in [1.29, 1.82) is 0 Å². The smallest absolute Gasteiger partial charge is 0.273 e. The van der Waals surface area contributed by atoms with Crippen LogP contribution in [0.2, 0.25) is 0 Å². The van der Waals surface area contributed by atoms with E-state index in [2.05, 4.69) is 10.9 Å². The first-order chi connectivity index (χ1) is 14.5. The van der Waals surface area contributed by atoms with Crippen molar-refractivity contribution < 1.29 is 33.3 Å². The summed E-state index contributed by atoms with van der Waals surface area (Å²) in [5.41, 5.74) is 5.24. The van der Waals surface area contributed by atoms with Crippen LogP contribution in [0.25, 0.3) is 0 Å². The zero-order chi connectivity index (χ0) is 21.9. The third-order valence-corrected chi connectivity index (χ3v) is 4.04. The Kier molecular flexibility index (Phi) is 8.76. The Morgan fingerprint density at radius 3 is 2.07 bits per heavy atom. The second kappa shape index (κ2) is 11.5. The Hall–Kier alpha value is -3.46. The quantitative estimate of drug-likeness (QED) is 0.450. The second-order valence-corrected chi connectivity index (χ2v) is 5.86. The lowest BCUT2D eigenvalue weighted by Crippen LogP contribution is -2.41. The molecule has 2 aromatic carbocycles. The van der Waals surface area contributed by atoms with Crippen molar-refractivity contribution in [3.05, 3.63) is 47.5 Å². The molecule has 0 unspecified atom stereocenters. The lowest BCUT2D eigenvalue weighted by molar-refractivity contribution is 0.0840. The first-order valence-electron chi connectivity index (χ1n) is 9.25. The number of para-hydroxylation sites is 1. The van der Waals surface area contributed by atoms with Gasteiger partial charge in [0.05, 0.1) is 33.5 Å². The van der Waals surface area contributed by atoms with Crippen LogP contribution in [0.5, 0.6) is 23.0 Å². The van der Waals surface area contributed by atoms with E-state index in [0.717, 1.165) is 0 Å². The van der Waals surface area contributed by atoms with Gasteiger partial charge in [-0.2, -0.15) is 0 Å². The Bertz CT molecular complexity index is 845. The van der Waals surface area contributed by atoms with Gasteiger partial charge in [-0.05, 0) is 31.2 Å². The average molecular weight is 418 g/mol. The van der Waals surface area contributed by atoms with Gasteiger partial charge >= 0.3 is 0 Å². The summed E-state index contributed by atoms with van der Waals surface area (Å²) in [5, 5.41) is 0. The van der Waals surface area contributed by atoms with E-state index >= 15 is 0 Å². The molecule has 2 amide bonds. The van der Waals surface area contributed by atoms with Gasteiger partial charge in [-0.3, -0.25) is 20.4 Å². The Morgan fingerprint density at radius 1 is 0.833 bits per heavy atom. The van der Waals surface area contributed by atoms with E-state index in [1.54, 1.807) is 24.3 Å². The molecule has 0 aliphatic carbocycles. The van der Waals surface area contributed by atoms with Gasteiger partial charge in [-0.15, -0.1) is 0 Å². The second-order valence-electron chi connectivity index (χ2n) is 5.86. The molecular weight excluding hydrogens is 392 g/mol. The largest absolute Gasteiger partial charge is 0.493 e. The monoisotopic (exact) mass is 418 g/mol. The highest BCUT2D eigenvalue weighted by Gasteiger charge is 2.18. The number of benzene rings is 2.